The molecule has 2 amide bonds. The average molecular weight is 669 g/mol. The lowest BCUT2D eigenvalue weighted by Crippen LogP contribution is -2.50. The summed E-state index contributed by atoms with van der Waals surface area (Å²) in [6, 6.07) is 17.2. The Kier molecular flexibility index (Phi) is 8.10. The molecule has 0 aliphatic heterocycles. The van der Waals surface area contributed by atoms with Crippen LogP contribution < -0.4 is 16.6 Å². The summed E-state index contributed by atoms with van der Waals surface area (Å²) < 4.78 is 0. The number of benzene rings is 2. The summed E-state index contributed by atoms with van der Waals surface area (Å²) in [4.78, 5) is 33.9. The van der Waals surface area contributed by atoms with Crippen LogP contribution in [-0.4, -0.2) is 27.8 Å². The number of carbonyl (C=O) groups is 2. The van der Waals surface area contributed by atoms with Crippen LogP contribution in [0.15, 0.2) is 60.8 Å². The molecule has 7 nitrogen and oxygen atoms in total. The average Bonchev–Trinajstić information content (AvgIpc) is 3.32. The third kappa shape index (κ3) is 5.08. The number of rotatable bonds is 5. The fourth-order valence-electron chi connectivity index (χ4n) is 8.08. The number of hydrazine groups is 1. The Morgan fingerprint density at radius 2 is 1.55 bits per heavy atom. The van der Waals surface area contributed by atoms with Gasteiger partial charge in [0, 0.05) is 22.5 Å². The lowest BCUT2D eigenvalue weighted by atomic mass is 9.48. The molecule has 0 radical (unpaired) electrons. The molecule has 2 aromatic heterocycles. The van der Waals surface area contributed by atoms with Crippen LogP contribution in [0.25, 0.3) is 21.8 Å². The van der Waals surface area contributed by atoms with Crippen LogP contribution in [0.4, 0.5) is 0 Å². The minimum Gasteiger partial charge on any atom is -0.361 e. The number of fused-ring (bicyclic) bond motifs is 2. The van der Waals surface area contributed by atoms with Crippen molar-refractivity contribution in [3.05, 3.63) is 77.6 Å². The van der Waals surface area contributed by atoms with E-state index in [0.29, 0.717) is 12.1 Å². The second-order valence-electron chi connectivity index (χ2n) is 11.9. The number of para-hydroxylation sites is 2. The third-order valence-corrected chi connectivity index (χ3v) is 9.31. The van der Waals surface area contributed by atoms with Crippen LogP contribution in [0.5, 0.6) is 0 Å². The van der Waals surface area contributed by atoms with Gasteiger partial charge in [0.1, 0.15) is 5.69 Å². The molecule has 0 unspecified atom stereocenters. The maximum Gasteiger partial charge on any atom is 0.288 e. The highest BCUT2D eigenvalue weighted by atomic mass is 79.9. The molecule has 4 bridgehead atoms. The molecule has 210 valence electrons. The van der Waals surface area contributed by atoms with Gasteiger partial charge in [-0.15, -0.1) is 34.0 Å². The number of aromatic amines is 1. The van der Waals surface area contributed by atoms with Crippen molar-refractivity contribution in [2.24, 2.45) is 23.5 Å². The quantitative estimate of drug-likeness (QED) is 0.205. The minimum absolute atomic E-state index is 0. The number of pyridine rings is 1. The Balaban J connectivity index is 0.00000161. The zero-order chi connectivity index (χ0) is 25.9. The van der Waals surface area contributed by atoms with Crippen molar-refractivity contribution in [1.82, 2.24) is 20.8 Å². The Hall–Kier alpha value is -2.75. The molecule has 5 N–H and O–H groups in total. The van der Waals surface area contributed by atoms with E-state index in [1.54, 1.807) is 0 Å². The van der Waals surface area contributed by atoms with Gasteiger partial charge in [-0.2, -0.15) is 0 Å². The Morgan fingerprint density at radius 3 is 2.25 bits per heavy atom. The molecule has 1 atom stereocenters. The number of nitrogens with zero attached hydrogens (tertiary/aromatic N) is 1. The normalized spacial score (nSPS) is 25.2. The first kappa shape index (κ1) is 28.8. The second-order valence-corrected chi connectivity index (χ2v) is 11.9. The molecular formula is C31H35Br2N5O2. The van der Waals surface area contributed by atoms with Gasteiger partial charge in [0.2, 0.25) is 0 Å². The van der Waals surface area contributed by atoms with Crippen molar-refractivity contribution in [3.63, 3.8) is 0 Å². The van der Waals surface area contributed by atoms with E-state index in [9.17, 15) is 9.59 Å². The first-order chi connectivity index (χ1) is 18.5. The lowest BCUT2D eigenvalue weighted by molar-refractivity contribution is -0.123. The fourth-order valence-corrected chi connectivity index (χ4v) is 8.08. The molecule has 0 saturated heterocycles. The summed E-state index contributed by atoms with van der Waals surface area (Å²) in [5.74, 6) is 1.52. The SMILES string of the molecule is Br.Br.N[C@@H](Cc1c[nH]c2ccccc12)C(=O)NNC(=O)c1cc(C23CC4CC(CC(C4)C2)C3)c2ccccc2n1. The van der Waals surface area contributed by atoms with E-state index in [4.69, 9.17) is 5.73 Å². The fraction of sp³-hybridized carbons (Fsp3) is 0.387. The summed E-state index contributed by atoms with van der Waals surface area (Å²) in [6.07, 6.45) is 9.92. The van der Waals surface area contributed by atoms with E-state index >= 15 is 0 Å². The maximum absolute atomic E-state index is 13.3. The predicted octanol–water partition coefficient (Wildman–Crippen LogP) is 5.67. The van der Waals surface area contributed by atoms with Gasteiger partial charge in [0.25, 0.3) is 11.8 Å². The minimum atomic E-state index is -0.804. The van der Waals surface area contributed by atoms with Gasteiger partial charge in [0.05, 0.1) is 11.6 Å². The number of carbonyl (C=O) groups excluding carboxylic acids is 2. The maximum atomic E-state index is 13.3. The van der Waals surface area contributed by atoms with Crippen molar-refractivity contribution in [3.8, 4) is 0 Å². The van der Waals surface area contributed by atoms with E-state index in [2.05, 4.69) is 33.0 Å². The topological polar surface area (TPSA) is 113 Å². The Labute approximate surface area is 254 Å². The Morgan fingerprint density at radius 1 is 0.925 bits per heavy atom. The van der Waals surface area contributed by atoms with Crippen molar-refractivity contribution in [2.75, 3.05) is 0 Å². The monoisotopic (exact) mass is 667 g/mol. The zero-order valence-corrected chi connectivity index (χ0v) is 25.6. The first-order valence-electron chi connectivity index (χ1n) is 13.8. The third-order valence-electron chi connectivity index (χ3n) is 9.31. The highest BCUT2D eigenvalue weighted by Crippen LogP contribution is 2.61. The number of amides is 2. The summed E-state index contributed by atoms with van der Waals surface area (Å²) >= 11 is 0. The number of halogens is 2. The van der Waals surface area contributed by atoms with Crippen molar-refractivity contribution in [1.29, 1.82) is 0 Å². The van der Waals surface area contributed by atoms with Crippen LogP contribution in [0.1, 0.15) is 60.1 Å². The molecule has 8 rings (SSSR count). The standard InChI is InChI=1S/C31H33N5O2.2BrH/c32-25(12-21-17-33-26-7-3-1-5-22(21)26)29(37)35-36-30(38)28-13-24(23-6-2-4-8-27(23)34-28)31-14-18-9-19(15-31)11-20(10-18)16-31;;/h1-8,13,17-20,25,33H,9-12,14-16,32H2,(H,35,37)(H,36,38);2*1H/t18?,19?,20?,25-,31?;;/m0../s1. The van der Waals surface area contributed by atoms with Gasteiger partial charge in [-0.25, -0.2) is 4.98 Å². The van der Waals surface area contributed by atoms with Crippen LogP contribution in [0.3, 0.4) is 0 Å². The van der Waals surface area contributed by atoms with E-state index < -0.39 is 17.9 Å². The predicted molar refractivity (Wildman–Crippen MR) is 168 cm³/mol. The van der Waals surface area contributed by atoms with Crippen LogP contribution in [0, 0.1) is 17.8 Å². The molecule has 4 fully saturated rings. The van der Waals surface area contributed by atoms with Crippen LogP contribution in [0.2, 0.25) is 0 Å². The van der Waals surface area contributed by atoms with Gasteiger partial charge in [-0.05, 0) is 97.4 Å². The van der Waals surface area contributed by atoms with Gasteiger partial charge in [-0.3, -0.25) is 20.4 Å². The van der Waals surface area contributed by atoms with E-state index in [-0.39, 0.29) is 39.4 Å². The smallest absolute Gasteiger partial charge is 0.288 e. The summed E-state index contributed by atoms with van der Waals surface area (Å²) in [5.41, 5.74) is 15.8. The van der Waals surface area contributed by atoms with Crippen LogP contribution in [-0.2, 0) is 16.6 Å². The molecule has 4 aliphatic carbocycles. The van der Waals surface area contributed by atoms with Gasteiger partial charge < -0.3 is 10.7 Å². The number of aromatic nitrogens is 2. The van der Waals surface area contributed by atoms with Crippen molar-refractivity contribution < 1.29 is 9.59 Å². The highest BCUT2D eigenvalue weighted by Gasteiger charge is 2.52. The van der Waals surface area contributed by atoms with Crippen molar-refractivity contribution in [2.45, 2.75) is 56.4 Å². The van der Waals surface area contributed by atoms with Gasteiger partial charge in [-0.1, -0.05) is 36.4 Å². The van der Waals surface area contributed by atoms with E-state index in [1.807, 2.05) is 48.7 Å². The lowest BCUT2D eigenvalue weighted by Gasteiger charge is -2.57. The number of H-pyrrole nitrogens is 1. The van der Waals surface area contributed by atoms with Gasteiger partial charge >= 0.3 is 0 Å². The molecule has 4 saturated carbocycles. The molecule has 0 spiro atoms. The molecule has 4 aromatic rings. The molecule has 4 aliphatic rings. The van der Waals surface area contributed by atoms with Gasteiger partial charge in [0.15, 0.2) is 0 Å². The van der Waals surface area contributed by atoms with E-state index in [0.717, 1.165) is 45.1 Å². The molecule has 40 heavy (non-hydrogen) atoms. The largest absolute Gasteiger partial charge is 0.361 e. The molecular weight excluding hydrogens is 634 g/mol. The highest BCUT2D eigenvalue weighted by molar-refractivity contribution is 8.93. The number of hydrogen-bond donors (Lipinski definition) is 4. The first-order valence-corrected chi connectivity index (χ1v) is 13.8. The molecule has 2 aromatic carbocycles. The second kappa shape index (κ2) is 11.3. The number of hydrogen-bond acceptors (Lipinski definition) is 4. The Bertz CT molecular complexity index is 1530. The zero-order valence-electron chi connectivity index (χ0n) is 22.2. The van der Waals surface area contributed by atoms with Crippen LogP contribution >= 0.6 is 34.0 Å². The summed E-state index contributed by atoms with van der Waals surface area (Å²) in [5, 5.41) is 2.19. The molecule has 2 heterocycles. The number of nitrogens with one attached hydrogen (secondary N) is 3. The summed E-state index contributed by atoms with van der Waals surface area (Å²) in [7, 11) is 0. The van der Waals surface area contributed by atoms with Crippen molar-refractivity contribution >= 4 is 67.6 Å². The van der Waals surface area contributed by atoms with E-state index in [1.165, 1.54) is 44.1 Å². The summed E-state index contributed by atoms with van der Waals surface area (Å²) in [6.45, 7) is 0. The molecule has 9 heteroatoms. The number of nitrogens with two attached hydrogens (primary N) is 1.